The van der Waals surface area contributed by atoms with Crippen LogP contribution in [0.3, 0.4) is 0 Å². The minimum Gasteiger partial charge on any atom is -0.370 e. The van der Waals surface area contributed by atoms with Crippen LogP contribution in [0.5, 0.6) is 0 Å². The molecule has 1 heterocycles. The van der Waals surface area contributed by atoms with Gasteiger partial charge in [0.25, 0.3) is 0 Å². The molecular formula is C21H20Cl3F3N2O. The van der Waals surface area contributed by atoms with Crippen LogP contribution in [0.4, 0.5) is 18.9 Å². The maximum absolute atomic E-state index is 14.2. The summed E-state index contributed by atoms with van der Waals surface area (Å²) in [7, 11) is 0. The molecule has 2 aromatic carbocycles. The van der Waals surface area contributed by atoms with Crippen molar-refractivity contribution in [1.82, 2.24) is 5.32 Å². The van der Waals surface area contributed by atoms with Gasteiger partial charge < -0.3 is 10.2 Å². The fourth-order valence-electron chi connectivity index (χ4n) is 3.75. The van der Waals surface area contributed by atoms with Gasteiger partial charge in [-0.05, 0) is 48.2 Å². The Morgan fingerprint density at radius 2 is 1.73 bits per heavy atom. The Hall–Kier alpha value is -1.63. The molecule has 1 unspecified atom stereocenters. The first-order chi connectivity index (χ1) is 14.0. The number of alkyl halides is 3. The number of carbonyl (C=O) groups excluding carboxylic acids is 1. The Morgan fingerprint density at radius 1 is 1.13 bits per heavy atom. The molecule has 1 fully saturated rings. The predicted molar refractivity (Wildman–Crippen MR) is 115 cm³/mol. The van der Waals surface area contributed by atoms with Gasteiger partial charge in [0.2, 0.25) is 5.91 Å². The third kappa shape index (κ3) is 4.66. The molecule has 1 N–H and O–H groups in total. The van der Waals surface area contributed by atoms with Gasteiger partial charge in [-0.15, -0.1) is 0 Å². The van der Waals surface area contributed by atoms with E-state index >= 15 is 0 Å². The van der Waals surface area contributed by atoms with E-state index < -0.39 is 11.6 Å². The van der Waals surface area contributed by atoms with Gasteiger partial charge in [-0.2, -0.15) is 13.2 Å². The number of rotatable bonds is 5. The highest BCUT2D eigenvalue weighted by Crippen LogP contribution is 2.50. The van der Waals surface area contributed by atoms with Crippen LogP contribution < -0.4 is 10.2 Å². The van der Waals surface area contributed by atoms with E-state index in [1.807, 2.05) is 12.1 Å². The van der Waals surface area contributed by atoms with Crippen molar-refractivity contribution in [2.24, 2.45) is 0 Å². The standard InChI is InChI=1S/C21H20Cl3F3N2O/c1-13(30)28-8-6-14-2-4-16(5-3-14)29-9-7-20(12-29,21(25,26)27)15-10-17(22)19(24)18(23)11-15/h2-5,10-11H,6-9,12H2,1H3,(H,28,30). The molecule has 0 radical (unpaired) electrons. The summed E-state index contributed by atoms with van der Waals surface area (Å²) < 4.78 is 42.7. The highest BCUT2D eigenvalue weighted by molar-refractivity contribution is 6.48. The van der Waals surface area contributed by atoms with Gasteiger partial charge in [-0.3, -0.25) is 4.79 Å². The number of amides is 1. The van der Waals surface area contributed by atoms with Gasteiger partial charge in [-0.1, -0.05) is 46.9 Å². The Labute approximate surface area is 188 Å². The molecule has 0 bridgehead atoms. The molecule has 1 atom stereocenters. The lowest BCUT2D eigenvalue weighted by molar-refractivity contribution is -0.184. The van der Waals surface area contributed by atoms with E-state index in [4.69, 9.17) is 34.8 Å². The van der Waals surface area contributed by atoms with Crippen molar-refractivity contribution < 1.29 is 18.0 Å². The van der Waals surface area contributed by atoms with E-state index in [-0.39, 0.29) is 46.0 Å². The van der Waals surface area contributed by atoms with Crippen molar-refractivity contribution in [3.05, 3.63) is 62.6 Å². The molecule has 162 valence electrons. The number of hydrogen-bond donors (Lipinski definition) is 1. The lowest BCUT2D eigenvalue weighted by Gasteiger charge is -2.33. The van der Waals surface area contributed by atoms with Crippen LogP contribution in [0.15, 0.2) is 36.4 Å². The molecule has 1 amide bonds. The van der Waals surface area contributed by atoms with E-state index in [2.05, 4.69) is 5.32 Å². The number of benzene rings is 2. The summed E-state index contributed by atoms with van der Waals surface area (Å²) in [6.45, 7) is 1.96. The minimum atomic E-state index is -4.49. The SMILES string of the molecule is CC(=O)NCCc1ccc(N2CCC(c3cc(Cl)c(Cl)c(Cl)c3)(C(F)(F)F)C2)cc1. The number of nitrogens with zero attached hydrogens (tertiary/aromatic N) is 1. The molecule has 0 aromatic heterocycles. The monoisotopic (exact) mass is 478 g/mol. The lowest BCUT2D eigenvalue weighted by Crippen LogP contribution is -2.44. The van der Waals surface area contributed by atoms with Crippen molar-refractivity contribution in [3.8, 4) is 0 Å². The lowest BCUT2D eigenvalue weighted by atomic mass is 9.79. The normalized spacial score (nSPS) is 19.2. The average Bonchev–Trinajstić information content (AvgIpc) is 3.13. The fraction of sp³-hybridized carbons (Fsp3) is 0.381. The van der Waals surface area contributed by atoms with Crippen molar-refractivity contribution in [2.45, 2.75) is 31.4 Å². The van der Waals surface area contributed by atoms with E-state index in [0.29, 0.717) is 18.7 Å². The molecule has 30 heavy (non-hydrogen) atoms. The fourth-order valence-corrected chi connectivity index (χ4v) is 4.35. The summed E-state index contributed by atoms with van der Waals surface area (Å²) in [5.74, 6) is -0.102. The largest absolute Gasteiger partial charge is 0.400 e. The Kier molecular flexibility index (Phi) is 6.80. The van der Waals surface area contributed by atoms with Crippen molar-refractivity contribution >= 4 is 46.4 Å². The molecule has 3 rings (SSSR count). The molecule has 1 saturated heterocycles. The van der Waals surface area contributed by atoms with Crippen LogP contribution in [0.25, 0.3) is 0 Å². The molecule has 3 nitrogen and oxygen atoms in total. The first-order valence-electron chi connectivity index (χ1n) is 9.33. The van der Waals surface area contributed by atoms with Crippen LogP contribution in [0.2, 0.25) is 15.1 Å². The molecule has 9 heteroatoms. The second kappa shape index (κ2) is 8.85. The van der Waals surface area contributed by atoms with Crippen LogP contribution in [0.1, 0.15) is 24.5 Å². The smallest absolute Gasteiger partial charge is 0.370 e. The van der Waals surface area contributed by atoms with E-state index in [0.717, 1.165) is 5.56 Å². The zero-order valence-corrected chi connectivity index (χ0v) is 18.4. The first-order valence-corrected chi connectivity index (χ1v) is 10.5. The average molecular weight is 480 g/mol. The van der Waals surface area contributed by atoms with Gasteiger partial charge >= 0.3 is 6.18 Å². The third-order valence-corrected chi connectivity index (χ3v) is 6.63. The Morgan fingerprint density at radius 3 is 2.27 bits per heavy atom. The van der Waals surface area contributed by atoms with Crippen LogP contribution >= 0.6 is 34.8 Å². The Balaban J connectivity index is 1.83. The van der Waals surface area contributed by atoms with Crippen LogP contribution in [0, 0.1) is 0 Å². The van der Waals surface area contributed by atoms with Crippen LogP contribution in [-0.4, -0.2) is 31.7 Å². The van der Waals surface area contributed by atoms with E-state index in [1.54, 1.807) is 17.0 Å². The topological polar surface area (TPSA) is 32.3 Å². The summed E-state index contributed by atoms with van der Waals surface area (Å²) in [5, 5.41) is 2.77. The summed E-state index contributed by atoms with van der Waals surface area (Å²) >= 11 is 18.0. The number of carbonyl (C=O) groups is 1. The molecule has 0 spiro atoms. The van der Waals surface area contributed by atoms with Gasteiger partial charge in [0.1, 0.15) is 5.41 Å². The summed E-state index contributed by atoms with van der Waals surface area (Å²) in [4.78, 5) is 12.7. The molecule has 1 aliphatic heterocycles. The zero-order valence-electron chi connectivity index (χ0n) is 16.1. The zero-order chi connectivity index (χ0) is 22.1. The molecular weight excluding hydrogens is 460 g/mol. The Bertz CT molecular complexity index is 911. The predicted octanol–water partition coefficient (Wildman–Crippen LogP) is 6.04. The number of anilines is 1. The second-order valence-corrected chi connectivity index (χ2v) is 8.60. The first kappa shape index (κ1) is 23.0. The maximum atomic E-state index is 14.2. The van der Waals surface area contributed by atoms with Gasteiger partial charge in [-0.25, -0.2) is 0 Å². The third-order valence-electron chi connectivity index (χ3n) is 5.44. The van der Waals surface area contributed by atoms with E-state index in [1.165, 1.54) is 19.1 Å². The van der Waals surface area contributed by atoms with Gasteiger partial charge in [0, 0.05) is 32.2 Å². The molecule has 1 aliphatic rings. The summed E-state index contributed by atoms with van der Waals surface area (Å²) in [5.41, 5.74) is -0.376. The highest BCUT2D eigenvalue weighted by atomic mass is 35.5. The maximum Gasteiger partial charge on any atom is 0.400 e. The van der Waals surface area contributed by atoms with Crippen molar-refractivity contribution in [1.29, 1.82) is 0 Å². The summed E-state index contributed by atoms with van der Waals surface area (Å²) in [6.07, 6.45) is -3.95. The molecule has 0 aliphatic carbocycles. The number of hydrogen-bond acceptors (Lipinski definition) is 2. The minimum absolute atomic E-state index is 0.00441. The van der Waals surface area contributed by atoms with Gasteiger partial charge in [0.05, 0.1) is 15.1 Å². The second-order valence-electron chi connectivity index (χ2n) is 7.40. The van der Waals surface area contributed by atoms with Crippen molar-refractivity contribution in [2.75, 3.05) is 24.5 Å². The molecule has 2 aromatic rings. The quantitative estimate of drug-likeness (QED) is 0.531. The van der Waals surface area contributed by atoms with Crippen molar-refractivity contribution in [3.63, 3.8) is 0 Å². The van der Waals surface area contributed by atoms with Crippen LogP contribution in [-0.2, 0) is 16.6 Å². The number of nitrogens with one attached hydrogen (secondary N) is 1. The number of halogens is 6. The molecule has 0 saturated carbocycles. The van der Waals surface area contributed by atoms with E-state index in [9.17, 15) is 18.0 Å². The van der Waals surface area contributed by atoms with Gasteiger partial charge in [0.15, 0.2) is 0 Å². The highest BCUT2D eigenvalue weighted by Gasteiger charge is 2.59. The summed E-state index contributed by atoms with van der Waals surface area (Å²) in [6, 6.07) is 9.85.